The molecule has 1 saturated heterocycles. The number of hydrogen-bond acceptors (Lipinski definition) is 3. The first-order valence-corrected chi connectivity index (χ1v) is 9.02. The first-order chi connectivity index (χ1) is 12.7. The largest absolute Gasteiger partial charge is 0.338 e. The molecule has 0 bridgehead atoms. The van der Waals surface area contributed by atoms with Crippen LogP contribution in [-0.4, -0.2) is 38.7 Å². The molecule has 1 aromatic heterocycles. The minimum Gasteiger partial charge on any atom is -0.338 e. The molecule has 1 fully saturated rings. The maximum absolute atomic E-state index is 13.1. The maximum atomic E-state index is 13.1. The molecule has 0 spiro atoms. The Labute approximate surface area is 153 Å². The fraction of sp³-hybridized carbons (Fsp3) is 0.286. The highest BCUT2D eigenvalue weighted by atomic mass is 16.2. The van der Waals surface area contributed by atoms with Crippen molar-refractivity contribution < 1.29 is 4.79 Å². The highest BCUT2D eigenvalue weighted by molar-refractivity contribution is 5.94. The first-order valence-electron chi connectivity index (χ1n) is 9.02. The predicted molar refractivity (Wildman–Crippen MR) is 100 cm³/mol. The summed E-state index contributed by atoms with van der Waals surface area (Å²) in [7, 11) is 0. The molecule has 0 aliphatic carbocycles. The molecule has 1 atom stereocenters. The number of hydrogen-bond donors (Lipinski definition) is 0. The van der Waals surface area contributed by atoms with Gasteiger partial charge in [0, 0.05) is 30.3 Å². The highest BCUT2D eigenvalue weighted by Gasteiger charge is 2.26. The van der Waals surface area contributed by atoms with Crippen LogP contribution in [0.5, 0.6) is 0 Å². The molecule has 5 heteroatoms. The summed E-state index contributed by atoms with van der Waals surface area (Å²) in [6, 6.07) is 16.2. The Morgan fingerprint density at radius 3 is 2.69 bits per heavy atom. The average Bonchev–Trinajstić information content (AvgIpc) is 3.23. The van der Waals surface area contributed by atoms with Crippen molar-refractivity contribution in [3.63, 3.8) is 0 Å². The van der Waals surface area contributed by atoms with Crippen LogP contribution in [0, 0.1) is 6.92 Å². The van der Waals surface area contributed by atoms with Crippen molar-refractivity contribution in [3.8, 4) is 5.69 Å². The van der Waals surface area contributed by atoms with Gasteiger partial charge in [-0.15, -0.1) is 10.2 Å². The van der Waals surface area contributed by atoms with Gasteiger partial charge in [0.25, 0.3) is 5.91 Å². The lowest BCUT2D eigenvalue weighted by Crippen LogP contribution is -2.39. The van der Waals surface area contributed by atoms with Gasteiger partial charge in [0.1, 0.15) is 12.7 Å². The Balaban J connectivity index is 1.55. The molecule has 5 nitrogen and oxygen atoms in total. The van der Waals surface area contributed by atoms with E-state index in [1.807, 2.05) is 33.7 Å². The summed E-state index contributed by atoms with van der Waals surface area (Å²) in [5.41, 5.74) is 4.28. The number of nitrogens with zero attached hydrogens (tertiary/aromatic N) is 4. The Morgan fingerprint density at radius 1 is 1.08 bits per heavy atom. The van der Waals surface area contributed by atoms with E-state index in [0.717, 1.165) is 31.6 Å². The van der Waals surface area contributed by atoms with Gasteiger partial charge in [-0.05, 0) is 49.1 Å². The van der Waals surface area contributed by atoms with Crippen molar-refractivity contribution in [1.82, 2.24) is 19.7 Å². The van der Waals surface area contributed by atoms with Gasteiger partial charge in [-0.3, -0.25) is 9.36 Å². The van der Waals surface area contributed by atoms with Crippen LogP contribution < -0.4 is 0 Å². The van der Waals surface area contributed by atoms with E-state index in [0.29, 0.717) is 11.5 Å². The summed E-state index contributed by atoms with van der Waals surface area (Å²) in [4.78, 5) is 15.1. The first kappa shape index (κ1) is 16.5. The molecular weight excluding hydrogens is 324 g/mol. The van der Waals surface area contributed by atoms with E-state index in [2.05, 4.69) is 41.4 Å². The lowest BCUT2D eigenvalue weighted by molar-refractivity contribution is 0.0707. The van der Waals surface area contributed by atoms with Gasteiger partial charge >= 0.3 is 0 Å². The fourth-order valence-corrected chi connectivity index (χ4v) is 3.78. The number of likely N-dealkylation sites (tertiary alicyclic amines) is 1. The summed E-state index contributed by atoms with van der Waals surface area (Å²) in [5.74, 6) is 0.508. The van der Waals surface area contributed by atoms with Crippen LogP contribution >= 0.6 is 0 Å². The van der Waals surface area contributed by atoms with Gasteiger partial charge in [-0.1, -0.05) is 30.3 Å². The highest BCUT2D eigenvalue weighted by Crippen LogP contribution is 2.29. The quantitative estimate of drug-likeness (QED) is 0.728. The lowest BCUT2D eigenvalue weighted by Gasteiger charge is -2.33. The minimum atomic E-state index is 0.0956. The monoisotopic (exact) mass is 346 g/mol. The smallest absolute Gasteiger partial charge is 0.253 e. The van der Waals surface area contributed by atoms with Crippen molar-refractivity contribution in [1.29, 1.82) is 0 Å². The van der Waals surface area contributed by atoms with Gasteiger partial charge in [0.05, 0.1) is 0 Å². The fourth-order valence-electron chi connectivity index (χ4n) is 3.78. The Kier molecular flexibility index (Phi) is 4.52. The number of rotatable bonds is 3. The van der Waals surface area contributed by atoms with E-state index >= 15 is 0 Å². The average molecular weight is 346 g/mol. The summed E-state index contributed by atoms with van der Waals surface area (Å²) in [5, 5.41) is 7.66. The molecule has 2 aromatic carbocycles. The molecule has 0 N–H and O–H groups in total. The number of aromatic nitrogens is 3. The van der Waals surface area contributed by atoms with Crippen LogP contribution in [0.1, 0.15) is 40.2 Å². The van der Waals surface area contributed by atoms with E-state index in [1.54, 1.807) is 12.7 Å². The zero-order chi connectivity index (χ0) is 17.9. The third-order valence-corrected chi connectivity index (χ3v) is 5.15. The number of benzene rings is 2. The number of carbonyl (C=O) groups excluding carboxylic acids is 1. The van der Waals surface area contributed by atoms with E-state index in [4.69, 9.17) is 0 Å². The second-order valence-corrected chi connectivity index (χ2v) is 6.87. The van der Waals surface area contributed by atoms with Crippen molar-refractivity contribution in [2.45, 2.75) is 25.7 Å². The van der Waals surface area contributed by atoms with E-state index in [1.165, 1.54) is 11.1 Å². The molecule has 3 aromatic rings. The number of amides is 1. The Morgan fingerprint density at radius 2 is 1.88 bits per heavy atom. The minimum absolute atomic E-state index is 0.0956. The van der Waals surface area contributed by atoms with E-state index in [-0.39, 0.29) is 5.91 Å². The third-order valence-electron chi connectivity index (χ3n) is 5.15. The normalized spacial score (nSPS) is 17.3. The molecule has 132 valence electrons. The predicted octanol–water partition coefficient (Wildman–Crippen LogP) is 3.60. The topological polar surface area (TPSA) is 51.0 Å². The van der Waals surface area contributed by atoms with Gasteiger partial charge in [0.2, 0.25) is 0 Å². The number of carbonyl (C=O) groups is 1. The molecule has 4 rings (SSSR count). The van der Waals surface area contributed by atoms with Gasteiger partial charge in [-0.25, -0.2) is 0 Å². The second kappa shape index (κ2) is 7.12. The lowest BCUT2D eigenvalue weighted by atomic mass is 9.88. The van der Waals surface area contributed by atoms with Crippen LogP contribution in [0.3, 0.4) is 0 Å². The van der Waals surface area contributed by atoms with Crippen molar-refractivity contribution >= 4 is 5.91 Å². The SMILES string of the molecule is Cc1ccccc1[C@H]1CCCN(C(=O)c2cccc(-n3cnnc3)c2)C1. The number of piperidine rings is 1. The molecule has 0 saturated carbocycles. The van der Waals surface area contributed by atoms with Crippen LogP contribution in [0.4, 0.5) is 0 Å². The third kappa shape index (κ3) is 3.25. The molecule has 1 aliphatic heterocycles. The molecule has 26 heavy (non-hydrogen) atoms. The summed E-state index contributed by atoms with van der Waals surface area (Å²) in [6.07, 6.45) is 5.45. The summed E-state index contributed by atoms with van der Waals surface area (Å²) >= 11 is 0. The van der Waals surface area contributed by atoms with Crippen LogP contribution in [0.25, 0.3) is 5.69 Å². The zero-order valence-corrected chi connectivity index (χ0v) is 14.9. The van der Waals surface area contributed by atoms with Gasteiger partial charge in [0.15, 0.2) is 0 Å². The van der Waals surface area contributed by atoms with Crippen LogP contribution in [0.2, 0.25) is 0 Å². The molecular formula is C21H22N4O. The van der Waals surface area contributed by atoms with Crippen LogP contribution in [0.15, 0.2) is 61.2 Å². The molecule has 2 heterocycles. The summed E-state index contributed by atoms with van der Waals surface area (Å²) < 4.78 is 1.81. The molecule has 0 radical (unpaired) electrons. The summed E-state index contributed by atoms with van der Waals surface area (Å²) in [6.45, 7) is 3.75. The Bertz CT molecular complexity index is 904. The van der Waals surface area contributed by atoms with Gasteiger partial charge < -0.3 is 4.90 Å². The van der Waals surface area contributed by atoms with Crippen molar-refractivity contribution in [2.75, 3.05) is 13.1 Å². The van der Waals surface area contributed by atoms with Gasteiger partial charge in [-0.2, -0.15) is 0 Å². The number of aryl methyl sites for hydroxylation is 1. The maximum Gasteiger partial charge on any atom is 0.253 e. The standard InChI is InChI=1S/C21H22N4O/c1-16-6-2-3-10-20(16)18-8-5-11-24(13-18)21(26)17-7-4-9-19(12-17)25-14-22-23-15-25/h2-4,6-7,9-10,12,14-15,18H,5,8,11,13H2,1H3/t18-/m0/s1. The van der Waals surface area contributed by atoms with E-state index < -0.39 is 0 Å². The van der Waals surface area contributed by atoms with E-state index in [9.17, 15) is 4.79 Å². The molecule has 0 unspecified atom stereocenters. The van der Waals surface area contributed by atoms with Crippen LogP contribution in [-0.2, 0) is 0 Å². The van der Waals surface area contributed by atoms with Crippen molar-refractivity contribution in [2.24, 2.45) is 0 Å². The zero-order valence-electron chi connectivity index (χ0n) is 14.9. The second-order valence-electron chi connectivity index (χ2n) is 6.87. The van der Waals surface area contributed by atoms with Crippen molar-refractivity contribution in [3.05, 3.63) is 77.9 Å². The molecule has 1 amide bonds. The Hall–Kier alpha value is -2.95. The molecule has 1 aliphatic rings.